The number of hydrogen-bond acceptors (Lipinski definition) is 8. The number of fused-ring (bicyclic) bond motifs is 2. The molecular formula is C34H41N7O2. The number of nitriles is 1. The van der Waals surface area contributed by atoms with Gasteiger partial charge in [-0.05, 0) is 62.3 Å². The van der Waals surface area contributed by atoms with Crippen molar-refractivity contribution < 1.29 is 16.4 Å². The van der Waals surface area contributed by atoms with Gasteiger partial charge in [0, 0.05) is 55.7 Å². The summed E-state index contributed by atoms with van der Waals surface area (Å²) in [4.78, 5) is 29.9. The molecule has 0 bridgehead atoms. The average Bonchev–Trinajstić information content (AvgIpc) is 3.55. The fourth-order valence-corrected chi connectivity index (χ4v) is 6.75. The zero-order valence-electron chi connectivity index (χ0n) is 29.6. The maximum atomic E-state index is 12.6. The van der Waals surface area contributed by atoms with Crippen molar-refractivity contribution in [2.45, 2.75) is 58.1 Å². The molecule has 4 heterocycles. The van der Waals surface area contributed by atoms with E-state index in [-0.39, 0.29) is 31.0 Å². The summed E-state index contributed by atoms with van der Waals surface area (Å²) < 4.78 is 46.2. The number of piperazine rings is 1. The van der Waals surface area contributed by atoms with E-state index < -0.39 is 19.4 Å². The molecule has 1 aromatic heterocycles. The minimum absolute atomic E-state index is 0.0404. The van der Waals surface area contributed by atoms with Crippen LogP contribution in [0.15, 0.2) is 49.1 Å². The number of aryl methyl sites for hydroxylation is 1. The molecule has 2 aromatic carbocycles. The molecule has 2 atom stereocenters. The molecule has 0 aliphatic carbocycles. The Kier molecular flexibility index (Phi) is 6.83. The van der Waals surface area contributed by atoms with Gasteiger partial charge in [0.15, 0.2) is 0 Å². The maximum Gasteiger partial charge on any atom is 0.318 e. The van der Waals surface area contributed by atoms with Crippen LogP contribution < -0.4 is 14.5 Å². The van der Waals surface area contributed by atoms with Crippen LogP contribution in [0.5, 0.6) is 6.01 Å². The second kappa shape index (κ2) is 12.6. The summed E-state index contributed by atoms with van der Waals surface area (Å²) in [7, 11) is 0. The first-order valence-corrected chi connectivity index (χ1v) is 15.0. The van der Waals surface area contributed by atoms with E-state index in [1.54, 1.807) is 4.90 Å². The highest BCUT2D eigenvalue weighted by Gasteiger charge is 2.34. The van der Waals surface area contributed by atoms with Crippen LogP contribution in [-0.4, -0.2) is 83.6 Å². The number of carbonyl (C=O) groups is 1. The van der Waals surface area contributed by atoms with Gasteiger partial charge in [0.2, 0.25) is 5.91 Å². The monoisotopic (exact) mass is 584 g/mol. The zero-order chi connectivity index (χ0) is 34.2. The minimum Gasteiger partial charge on any atom is -0.462 e. The number of likely N-dealkylation sites (tertiary alicyclic amines) is 1. The summed E-state index contributed by atoms with van der Waals surface area (Å²) in [6, 6.07) is 14.2. The van der Waals surface area contributed by atoms with Gasteiger partial charge >= 0.3 is 6.01 Å². The van der Waals surface area contributed by atoms with Gasteiger partial charge in [0.05, 0.1) is 30.8 Å². The quantitative estimate of drug-likeness (QED) is 0.358. The van der Waals surface area contributed by atoms with E-state index in [9.17, 15) is 10.1 Å². The molecule has 0 spiro atoms. The Morgan fingerprint density at radius 1 is 1.19 bits per heavy atom. The molecule has 3 aliphatic heterocycles. The standard InChI is InChI=1S/C34H41N7O2/c1-4-31(42)41-20-19-40(21-26(41)14-16-35)33-28-15-18-39(30-13-7-11-25-10-6-9-24(3)32(25)30)22-29(28)36-34(37-33)43-23-27-12-8-17-38(27)5-2/h4,6-7,9-11,13,26-27H,1,5,8,12,14-15,17-23H2,2-3H3/t26-,27-/m0/s1/i2D3,5D2. The number of ether oxygens (including phenoxy) is 1. The second-order valence-corrected chi connectivity index (χ2v) is 11.5. The lowest BCUT2D eigenvalue weighted by Crippen LogP contribution is -2.55. The maximum absolute atomic E-state index is 12.6. The topological polar surface area (TPSA) is 88.8 Å². The Balaban J connectivity index is 1.34. The minimum atomic E-state index is -2.80. The van der Waals surface area contributed by atoms with E-state index in [1.165, 1.54) is 27.3 Å². The van der Waals surface area contributed by atoms with Crippen LogP contribution in [0, 0.1) is 18.3 Å². The third-order valence-corrected chi connectivity index (χ3v) is 8.95. The molecule has 0 unspecified atom stereocenters. The van der Waals surface area contributed by atoms with E-state index in [2.05, 4.69) is 65.8 Å². The Bertz CT molecular complexity index is 1740. The number of rotatable bonds is 8. The molecule has 224 valence electrons. The molecule has 0 radical (unpaired) electrons. The van der Waals surface area contributed by atoms with Gasteiger partial charge in [-0.2, -0.15) is 15.2 Å². The molecule has 9 heteroatoms. The fourth-order valence-electron chi connectivity index (χ4n) is 6.75. The number of benzene rings is 2. The lowest BCUT2D eigenvalue weighted by Gasteiger charge is -2.42. The van der Waals surface area contributed by atoms with Crippen LogP contribution in [0.4, 0.5) is 11.5 Å². The smallest absolute Gasteiger partial charge is 0.318 e. The Morgan fingerprint density at radius 3 is 2.86 bits per heavy atom. The third-order valence-electron chi connectivity index (χ3n) is 8.95. The summed E-state index contributed by atoms with van der Waals surface area (Å²) in [6.07, 6.45) is 3.38. The molecule has 2 saturated heterocycles. The molecule has 9 nitrogen and oxygen atoms in total. The van der Waals surface area contributed by atoms with Crippen molar-refractivity contribution in [3.05, 3.63) is 65.9 Å². The van der Waals surface area contributed by atoms with Gasteiger partial charge in [-0.15, -0.1) is 0 Å². The molecule has 0 saturated carbocycles. The van der Waals surface area contributed by atoms with Crippen LogP contribution in [0.3, 0.4) is 0 Å². The molecule has 0 N–H and O–H groups in total. The third kappa shape index (κ3) is 5.76. The molecular weight excluding hydrogens is 538 g/mol. The number of aromatic nitrogens is 2. The van der Waals surface area contributed by atoms with Gasteiger partial charge in [-0.1, -0.05) is 43.8 Å². The van der Waals surface area contributed by atoms with Gasteiger partial charge in [0.25, 0.3) is 0 Å². The largest absolute Gasteiger partial charge is 0.462 e. The van der Waals surface area contributed by atoms with E-state index >= 15 is 0 Å². The first-order valence-electron chi connectivity index (χ1n) is 17.5. The highest BCUT2D eigenvalue weighted by molar-refractivity contribution is 5.97. The molecule has 2 fully saturated rings. The highest BCUT2D eigenvalue weighted by atomic mass is 16.5. The second-order valence-electron chi connectivity index (χ2n) is 11.5. The number of hydrogen-bond donors (Lipinski definition) is 0. The Hall–Kier alpha value is -4.16. The Morgan fingerprint density at radius 2 is 2.05 bits per heavy atom. The van der Waals surface area contributed by atoms with Crippen molar-refractivity contribution in [1.82, 2.24) is 19.8 Å². The normalized spacial score (nSPS) is 23.0. The first-order chi connectivity index (χ1) is 22.9. The number of likely N-dealkylation sites (N-methyl/N-ethyl adjacent to an activating group) is 1. The summed E-state index contributed by atoms with van der Waals surface area (Å²) in [5, 5.41) is 11.9. The number of carbonyl (C=O) groups excluding carboxylic acids is 1. The van der Waals surface area contributed by atoms with Crippen molar-refractivity contribution in [2.24, 2.45) is 0 Å². The van der Waals surface area contributed by atoms with Crippen molar-refractivity contribution >= 4 is 28.2 Å². The van der Waals surface area contributed by atoms with Crippen molar-refractivity contribution in [2.75, 3.05) is 55.6 Å². The predicted octanol–water partition coefficient (Wildman–Crippen LogP) is 4.48. The average molecular weight is 585 g/mol. The predicted molar refractivity (Wildman–Crippen MR) is 169 cm³/mol. The highest BCUT2D eigenvalue weighted by Crippen LogP contribution is 2.36. The van der Waals surface area contributed by atoms with Crippen molar-refractivity contribution in [3.8, 4) is 12.1 Å². The molecule has 43 heavy (non-hydrogen) atoms. The van der Waals surface area contributed by atoms with Gasteiger partial charge in [-0.3, -0.25) is 9.69 Å². The SMILES string of the molecule is [2H]C([2H])([2H])C([2H])([2H])N1CCC[C@H]1COc1nc2c(c(N3CCN(C(=O)C=C)[C@@H](CC#N)C3)n1)CCN(c1cccc3cccc(C)c13)C2. The van der Waals surface area contributed by atoms with E-state index in [1.807, 2.05) is 0 Å². The van der Waals surface area contributed by atoms with Gasteiger partial charge < -0.3 is 19.4 Å². The number of anilines is 2. The van der Waals surface area contributed by atoms with Gasteiger partial charge in [-0.25, -0.2) is 0 Å². The van der Waals surface area contributed by atoms with E-state index in [4.69, 9.17) is 21.6 Å². The molecule has 1 amide bonds. The first kappa shape index (κ1) is 23.3. The number of amides is 1. The van der Waals surface area contributed by atoms with Crippen LogP contribution in [-0.2, 0) is 17.8 Å². The van der Waals surface area contributed by atoms with E-state index in [0.717, 1.165) is 23.5 Å². The summed E-state index contributed by atoms with van der Waals surface area (Å²) in [5.41, 5.74) is 4.12. The summed E-state index contributed by atoms with van der Waals surface area (Å²) in [5.74, 6) is 0.501. The Labute approximate surface area is 261 Å². The number of nitrogens with zero attached hydrogens (tertiary/aromatic N) is 7. The van der Waals surface area contributed by atoms with E-state index in [0.29, 0.717) is 57.8 Å². The zero-order valence-corrected chi connectivity index (χ0v) is 24.6. The molecule has 3 aliphatic rings. The summed E-state index contributed by atoms with van der Waals surface area (Å²) >= 11 is 0. The molecule has 3 aromatic rings. The van der Waals surface area contributed by atoms with Crippen LogP contribution >= 0.6 is 0 Å². The van der Waals surface area contributed by atoms with Crippen molar-refractivity contribution in [3.63, 3.8) is 0 Å². The van der Waals surface area contributed by atoms with Crippen LogP contribution in [0.1, 0.15) is 49.8 Å². The van der Waals surface area contributed by atoms with Crippen molar-refractivity contribution in [1.29, 1.82) is 5.26 Å². The van der Waals surface area contributed by atoms with Gasteiger partial charge in [0.1, 0.15) is 12.4 Å². The summed E-state index contributed by atoms with van der Waals surface area (Å²) in [6.45, 7) is 3.41. The van der Waals surface area contributed by atoms with Crippen LogP contribution in [0.25, 0.3) is 10.8 Å². The lowest BCUT2D eigenvalue weighted by molar-refractivity contribution is -0.128. The van der Waals surface area contributed by atoms with Crippen LogP contribution in [0.2, 0.25) is 0 Å². The lowest BCUT2D eigenvalue weighted by atomic mass is 9.99. The fraction of sp³-hybridized carbons (Fsp3) is 0.471. The molecule has 6 rings (SSSR count).